The van der Waals surface area contributed by atoms with E-state index in [1.807, 2.05) is 48.2 Å². The van der Waals surface area contributed by atoms with Crippen molar-refractivity contribution in [3.8, 4) is 0 Å². The number of likely N-dealkylation sites (tertiary alicyclic amines) is 1. The summed E-state index contributed by atoms with van der Waals surface area (Å²) in [6.07, 6.45) is 1.59. The van der Waals surface area contributed by atoms with Crippen LogP contribution >= 0.6 is 0 Å². The van der Waals surface area contributed by atoms with Crippen molar-refractivity contribution >= 4 is 17.6 Å². The summed E-state index contributed by atoms with van der Waals surface area (Å²) in [5, 5.41) is 3.07. The molecule has 126 valence electrons. The lowest BCUT2D eigenvalue weighted by atomic mass is 10.0. The van der Waals surface area contributed by atoms with Crippen molar-refractivity contribution < 1.29 is 9.59 Å². The molecular weight excluding hydrogens is 292 g/mol. The summed E-state index contributed by atoms with van der Waals surface area (Å²) in [6, 6.07) is 7.72. The zero-order valence-electron chi connectivity index (χ0n) is 14.4. The summed E-state index contributed by atoms with van der Waals surface area (Å²) >= 11 is 0. The Labute approximate surface area is 138 Å². The predicted molar refractivity (Wildman–Crippen MR) is 91.9 cm³/mol. The van der Waals surface area contributed by atoms with Gasteiger partial charge in [-0.3, -0.25) is 4.79 Å². The number of benzene rings is 1. The van der Waals surface area contributed by atoms with Gasteiger partial charge in [0.15, 0.2) is 0 Å². The van der Waals surface area contributed by atoms with Gasteiger partial charge in [-0.2, -0.15) is 0 Å². The van der Waals surface area contributed by atoms with Crippen LogP contribution in [0.5, 0.6) is 0 Å². The lowest BCUT2D eigenvalue weighted by Crippen LogP contribution is -2.49. The van der Waals surface area contributed by atoms with E-state index in [4.69, 9.17) is 0 Å². The average molecular weight is 318 g/mol. The van der Waals surface area contributed by atoms with Gasteiger partial charge in [-0.25, -0.2) is 4.79 Å². The minimum absolute atomic E-state index is 0.0362. The monoisotopic (exact) mass is 318 g/mol. The van der Waals surface area contributed by atoms with E-state index in [2.05, 4.69) is 5.32 Å². The maximum atomic E-state index is 12.3. The number of hydrogen-bond donors (Lipinski definition) is 1. The molecule has 1 N–H and O–H groups in total. The molecule has 0 radical (unpaired) electrons. The Balaban J connectivity index is 1.86. The number of carbonyl (C=O) groups excluding carboxylic acids is 2. The molecule has 0 atom stereocenters. The number of hydrogen-bond acceptors (Lipinski definition) is 3. The number of nitrogens with zero attached hydrogens (tertiary/aromatic N) is 3. The van der Waals surface area contributed by atoms with E-state index in [0.29, 0.717) is 18.7 Å². The Kier molecular flexibility index (Phi) is 5.47. The highest BCUT2D eigenvalue weighted by atomic mass is 16.2. The summed E-state index contributed by atoms with van der Waals surface area (Å²) in [5.41, 5.74) is 1.74. The normalized spacial score (nSPS) is 15.2. The van der Waals surface area contributed by atoms with Crippen LogP contribution in [0.2, 0.25) is 0 Å². The summed E-state index contributed by atoms with van der Waals surface area (Å²) in [4.78, 5) is 29.6. The van der Waals surface area contributed by atoms with Crippen LogP contribution in [-0.2, 0) is 0 Å². The first-order valence-corrected chi connectivity index (χ1v) is 7.93. The quantitative estimate of drug-likeness (QED) is 0.921. The molecule has 1 saturated heterocycles. The molecule has 1 aliphatic rings. The number of anilines is 1. The van der Waals surface area contributed by atoms with E-state index in [9.17, 15) is 9.59 Å². The lowest BCUT2D eigenvalue weighted by Gasteiger charge is -2.33. The predicted octanol–water partition coefficient (Wildman–Crippen LogP) is 1.63. The molecule has 1 fully saturated rings. The van der Waals surface area contributed by atoms with Crippen LogP contribution in [0.1, 0.15) is 23.2 Å². The van der Waals surface area contributed by atoms with E-state index in [-0.39, 0.29) is 18.0 Å². The molecule has 23 heavy (non-hydrogen) atoms. The van der Waals surface area contributed by atoms with E-state index in [1.54, 1.807) is 19.0 Å². The number of nitrogens with one attached hydrogen (secondary N) is 1. The first-order valence-electron chi connectivity index (χ1n) is 7.93. The van der Waals surface area contributed by atoms with Gasteiger partial charge in [0.05, 0.1) is 0 Å². The molecule has 0 bridgehead atoms. The smallest absolute Gasteiger partial charge is 0.319 e. The van der Waals surface area contributed by atoms with Gasteiger partial charge < -0.3 is 20.0 Å². The van der Waals surface area contributed by atoms with Crippen molar-refractivity contribution in [2.45, 2.75) is 18.9 Å². The SMILES string of the molecule is CN(C)C(=O)N1CCC(NC(=O)c2ccc(N(C)C)cc2)CC1. The zero-order valence-corrected chi connectivity index (χ0v) is 14.4. The maximum Gasteiger partial charge on any atom is 0.319 e. The molecule has 1 aliphatic heterocycles. The highest BCUT2D eigenvalue weighted by Crippen LogP contribution is 2.15. The molecule has 1 heterocycles. The first-order chi connectivity index (χ1) is 10.9. The van der Waals surface area contributed by atoms with Gasteiger partial charge >= 0.3 is 6.03 Å². The minimum Gasteiger partial charge on any atom is -0.378 e. The summed E-state index contributed by atoms with van der Waals surface area (Å²) in [5.74, 6) is -0.0484. The average Bonchev–Trinajstić information content (AvgIpc) is 2.54. The number of amides is 3. The van der Waals surface area contributed by atoms with Crippen molar-refractivity contribution in [3.05, 3.63) is 29.8 Å². The first kappa shape index (κ1) is 17.1. The zero-order chi connectivity index (χ0) is 17.0. The molecule has 6 nitrogen and oxygen atoms in total. The van der Waals surface area contributed by atoms with E-state index >= 15 is 0 Å². The number of urea groups is 1. The third-order valence-electron chi connectivity index (χ3n) is 4.13. The Morgan fingerprint density at radius 1 is 1.04 bits per heavy atom. The molecule has 0 spiro atoms. The van der Waals surface area contributed by atoms with E-state index in [1.165, 1.54) is 0 Å². The van der Waals surface area contributed by atoms with Crippen LogP contribution in [0.15, 0.2) is 24.3 Å². The number of piperidine rings is 1. The fourth-order valence-electron chi connectivity index (χ4n) is 2.68. The maximum absolute atomic E-state index is 12.3. The Hall–Kier alpha value is -2.24. The second-order valence-corrected chi connectivity index (χ2v) is 6.35. The fourth-order valence-corrected chi connectivity index (χ4v) is 2.68. The molecule has 3 amide bonds. The third-order valence-corrected chi connectivity index (χ3v) is 4.13. The molecule has 0 unspecified atom stereocenters. The third kappa shape index (κ3) is 4.37. The Morgan fingerprint density at radius 3 is 2.09 bits per heavy atom. The van der Waals surface area contributed by atoms with Gasteiger partial charge in [-0.15, -0.1) is 0 Å². The summed E-state index contributed by atoms with van der Waals surface area (Å²) in [7, 11) is 7.46. The van der Waals surface area contributed by atoms with Crippen LogP contribution in [0, 0.1) is 0 Å². The van der Waals surface area contributed by atoms with Crippen LogP contribution in [0.25, 0.3) is 0 Å². The molecule has 0 aromatic heterocycles. The fraction of sp³-hybridized carbons (Fsp3) is 0.529. The molecule has 1 aromatic rings. The van der Waals surface area contributed by atoms with Crippen molar-refractivity contribution in [3.63, 3.8) is 0 Å². The second kappa shape index (κ2) is 7.35. The Morgan fingerprint density at radius 2 is 1.61 bits per heavy atom. The van der Waals surface area contributed by atoms with Gasteiger partial charge in [0, 0.05) is 58.6 Å². The molecule has 2 rings (SSSR count). The van der Waals surface area contributed by atoms with Gasteiger partial charge in [0.25, 0.3) is 5.91 Å². The highest BCUT2D eigenvalue weighted by Gasteiger charge is 2.24. The van der Waals surface area contributed by atoms with Crippen LogP contribution < -0.4 is 10.2 Å². The van der Waals surface area contributed by atoms with Crippen molar-refractivity contribution in [1.29, 1.82) is 0 Å². The Bertz CT molecular complexity index is 546. The summed E-state index contributed by atoms with van der Waals surface area (Å²) in [6.45, 7) is 1.36. The lowest BCUT2D eigenvalue weighted by molar-refractivity contribution is 0.0914. The number of rotatable bonds is 3. The van der Waals surface area contributed by atoms with Crippen molar-refractivity contribution in [1.82, 2.24) is 15.1 Å². The van der Waals surface area contributed by atoms with Crippen molar-refractivity contribution in [2.24, 2.45) is 0 Å². The molecule has 1 aromatic carbocycles. The van der Waals surface area contributed by atoms with Gasteiger partial charge in [-0.1, -0.05) is 0 Å². The van der Waals surface area contributed by atoms with Gasteiger partial charge in [0.1, 0.15) is 0 Å². The standard InChI is InChI=1S/C17H26N4O2/c1-19(2)15-7-5-13(6-8-15)16(22)18-14-9-11-21(12-10-14)17(23)20(3)4/h5-8,14H,9-12H2,1-4H3,(H,18,22). The molecular formula is C17H26N4O2. The van der Waals surface area contributed by atoms with Crippen LogP contribution in [0.3, 0.4) is 0 Å². The number of carbonyl (C=O) groups is 2. The second-order valence-electron chi connectivity index (χ2n) is 6.35. The van der Waals surface area contributed by atoms with Crippen molar-refractivity contribution in [2.75, 3.05) is 46.2 Å². The van der Waals surface area contributed by atoms with Crippen LogP contribution in [0.4, 0.5) is 10.5 Å². The largest absolute Gasteiger partial charge is 0.378 e. The summed E-state index contributed by atoms with van der Waals surface area (Å²) < 4.78 is 0. The topological polar surface area (TPSA) is 55.9 Å². The van der Waals surface area contributed by atoms with Crippen LogP contribution in [-0.4, -0.2) is 69.1 Å². The minimum atomic E-state index is -0.0484. The molecule has 0 aliphatic carbocycles. The van der Waals surface area contributed by atoms with Gasteiger partial charge in [-0.05, 0) is 37.1 Å². The van der Waals surface area contributed by atoms with E-state index in [0.717, 1.165) is 18.5 Å². The molecule has 0 saturated carbocycles. The van der Waals surface area contributed by atoms with E-state index < -0.39 is 0 Å². The molecule has 6 heteroatoms. The highest BCUT2D eigenvalue weighted by molar-refractivity contribution is 5.94. The van der Waals surface area contributed by atoms with Gasteiger partial charge in [0.2, 0.25) is 0 Å².